The van der Waals surface area contributed by atoms with Crippen LogP contribution in [0.3, 0.4) is 0 Å². The van der Waals surface area contributed by atoms with Crippen LogP contribution >= 0.6 is 11.3 Å². The van der Waals surface area contributed by atoms with Gasteiger partial charge in [0.2, 0.25) is 0 Å². The number of amides is 3. The largest absolute Gasteiger partial charge is 0.497 e. The highest BCUT2D eigenvalue weighted by Crippen LogP contribution is 2.28. The summed E-state index contributed by atoms with van der Waals surface area (Å²) >= 11 is 1.38. The normalized spacial score (nSPS) is 12.9. The number of nitrogens with zero attached hydrogens (tertiary/aromatic N) is 3. The van der Waals surface area contributed by atoms with E-state index in [0.717, 1.165) is 28.3 Å². The molecule has 0 aliphatic carbocycles. The second-order valence-electron chi connectivity index (χ2n) is 7.17. The summed E-state index contributed by atoms with van der Waals surface area (Å²) in [5, 5.41) is 9.93. The van der Waals surface area contributed by atoms with Crippen LogP contribution in [0.4, 0.5) is 9.93 Å². The summed E-state index contributed by atoms with van der Waals surface area (Å²) in [6.07, 6.45) is 1.39. The predicted octanol–water partition coefficient (Wildman–Crippen LogP) is 3.01. The van der Waals surface area contributed by atoms with E-state index in [-0.39, 0.29) is 17.6 Å². The molecule has 0 saturated heterocycles. The van der Waals surface area contributed by atoms with Gasteiger partial charge >= 0.3 is 6.03 Å². The molecule has 3 amide bonds. The molecule has 0 saturated carbocycles. The number of anilines is 1. The van der Waals surface area contributed by atoms with Crippen molar-refractivity contribution in [3.63, 3.8) is 0 Å². The Morgan fingerprint density at radius 2 is 2.10 bits per heavy atom. The maximum absolute atomic E-state index is 12.6. The lowest BCUT2D eigenvalue weighted by atomic mass is 10.1. The van der Waals surface area contributed by atoms with Crippen molar-refractivity contribution in [1.82, 2.24) is 20.4 Å². The first-order valence-corrected chi connectivity index (χ1v) is 10.7. The number of benzene rings is 1. The van der Waals surface area contributed by atoms with Crippen molar-refractivity contribution < 1.29 is 18.8 Å². The summed E-state index contributed by atoms with van der Waals surface area (Å²) in [6.45, 7) is 3.33. The molecule has 3 aromatic rings. The predicted molar refractivity (Wildman–Crippen MR) is 116 cm³/mol. The molecule has 1 aliphatic rings. The van der Waals surface area contributed by atoms with Gasteiger partial charge in [0.1, 0.15) is 11.5 Å². The number of hydrogen-bond acceptors (Lipinski definition) is 7. The van der Waals surface area contributed by atoms with Gasteiger partial charge in [-0.25, -0.2) is 9.78 Å². The Labute approximate surface area is 183 Å². The molecule has 1 aromatic carbocycles. The van der Waals surface area contributed by atoms with Gasteiger partial charge < -0.3 is 19.5 Å². The van der Waals surface area contributed by atoms with Gasteiger partial charge in [-0.15, -0.1) is 0 Å². The summed E-state index contributed by atoms with van der Waals surface area (Å²) in [5.74, 6) is 1.02. The highest BCUT2D eigenvalue weighted by molar-refractivity contribution is 7.15. The molecule has 2 N–H and O–H groups in total. The lowest BCUT2D eigenvalue weighted by Gasteiger charge is -2.26. The van der Waals surface area contributed by atoms with Gasteiger partial charge in [-0.2, -0.15) is 0 Å². The number of aromatic nitrogens is 2. The number of aryl methyl sites for hydroxylation is 1. The average molecular weight is 442 g/mol. The third kappa shape index (κ3) is 5.02. The zero-order valence-electron chi connectivity index (χ0n) is 17.3. The molecule has 9 nitrogen and oxygen atoms in total. The number of hydrogen-bond donors (Lipinski definition) is 2. The van der Waals surface area contributed by atoms with Crippen molar-refractivity contribution in [2.24, 2.45) is 0 Å². The zero-order valence-corrected chi connectivity index (χ0v) is 18.1. The Morgan fingerprint density at radius 1 is 1.29 bits per heavy atom. The van der Waals surface area contributed by atoms with E-state index in [1.165, 1.54) is 11.3 Å². The molecule has 4 rings (SSSR count). The van der Waals surface area contributed by atoms with Gasteiger partial charge in [-0.3, -0.25) is 10.1 Å². The molecule has 0 bridgehead atoms. The molecule has 2 aromatic heterocycles. The maximum atomic E-state index is 12.6. The van der Waals surface area contributed by atoms with Crippen LogP contribution < -0.4 is 15.4 Å². The minimum Gasteiger partial charge on any atom is -0.497 e. The number of methoxy groups -OCH3 is 1. The minimum atomic E-state index is -0.365. The van der Waals surface area contributed by atoms with Gasteiger partial charge in [-0.05, 0) is 31.0 Å². The molecular weight excluding hydrogens is 418 g/mol. The van der Waals surface area contributed by atoms with Gasteiger partial charge in [0.05, 0.1) is 19.3 Å². The fourth-order valence-electron chi connectivity index (χ4n) is 3.27. The summed E-state index contributed by atoms with van der Waals surface area (Å²) in [7, 11) is 1.64. The Balaban J connectivity index is 1.28. The number of thiazole rings is 1. The monoisotopic (exact) mass is 441 g/mol. The molecule has 10 heteroatoms. The van der Waals surface area contributed by atoms with Crippen LogP contribution in [-0.4, -0.2) is 47.2 Å². The topological polar surface area (TPSA) is 110 Å². The summed E-state index contributed by atoms with van der Waals surface area (Å²) < 4.78 is 10.1. The van der Waals surface area contributed by atoms with Gasteiger partial charge in [0.25, 0.3) is 5.91 Å². The molecule has 0 atom stereocenters. The van der Waals surface area contributed by atoms with E-state index in [1.54, 1.807) is 25.0 Å². The number of carbonyl (C=O) groups is 2. The van der Waals surface area contributed by atoms with E-state index in [9.17, 15) is 9.59 Å². The van der Waals surface area contributed by atoms with Crippen molar-refractivity contribution in [2.75, 3.05) is 25.5 Å². The molecule has 0 spiro atoms. The van der Waals surface area contributed by atoms with Crippen molar-refractivity contribution >= 4 is 28.4 Å². The number of fused-ring (bicyclic) bond motifs is 1. The molecule has 1 aliphatic heterocycles. The second kappa shape index (κ2) is 9.17. The Kier molecular flexibility index (Phi) is 6.17. The molecule has 31 heavy (non-hydrogen) atoms. The Hall–Kier alpha value is -3.40. The fourth-order valence-corrected chi connectivity index (χ4v) is 4.29. The van der Waals surface area contributed by atoms with E-state index >= 15 is 0 Å². The molecule has 0 fully saturated rings. The zero-order chi connectivity index (χ0) is 21.8. The van der Waals surface area contributed by atoms with Crippen molar-refractivity contribution in [3.05, 3.63) is 57.9 Å². The standard InChI is InChI=1S/C21H23N5O4S/c1-13-11-17(25-30-13)19(27)24-20-23-16-8-10-26(12-18(16)31-20)21(28)22-9-7-14-3-5-15(29-2)6-4-14/h3-6,11H,7-10,12H2,1-2H3,(H,22,28)(H,23,24,27). The lowest BCUT2D eigenvalue weighted by Crippen LogP contribution is -2.43. The maximum Gasteiger partial charge on any atom is 0.317 e. The molecule has 3 heterocycles. The first-order chi connectivity index (χ1) is 15.0. The number of carbonyl (C=O) groups excluding carboxylic acids is 2. The van der Waals surface area contributed by atoms with Crippen molar-refractivity contribution in [3.8, 4) is 5.75 Å². The number of urea groups is 1. The van der Waals surface area contributed by atoms with Gasteiger partial charge in [0, 0.05) is 30.5 Å². The highest BCUT2D eigenvalue weighted by atomic mass is 32.1. The summed E-state index contributed by atoms with van der Waals surface area (Å²) in [6, 6.07) is 9.27. The number of rotatable bonds is 6. The Bertz CT molecular complexity index is 1080. The van der Waals surface area contributed by atoms with Crippen molar-refractivity contribution in [2.45, 2.75) is 26.3 Å². The fraction of sp³-hybridized carbons (Fsp3) is 0.333. The van der Waals surface area contributed by atoms with E-state index in [1.807, 2.05) is 24.3 Å². The number of nitrogens with one attached hydrogen (secondary N) is 2. The van der Waals surface area contributed by atoms with E-state index in [0.29, 0.717) is 36.9 Å². The molecular formula is C21H23N5O4S. The number of ether oxygens (including phenoxy) is 1. The minimum absolute atomic E-state index is 0.101. The van der Waals surface area contributed by atoms with E-state index in [2.05, 4.69) is 20.8 Å². The first kappa shape index (κ1) is 20.9. The van der Waals surface area contributed by atoms with Crippen LogP contribution in [0.5, 0.6) is 5.75 Å². The molecule has 162 valence electrons. The van der Waals surface area contributed by atoms with Crippen LogP contribution in [0.2, 0.25) is 0 Å². The SMILES string of the molecule is COc1ccc(CCNC(=O)N2CCc3nc(NC(=O)c4cc(C)on4)sc3C2)cc1. The average Bonchev–Trinajstić information content (AvgIpc) is 3.39. The quantitative estimate of drug-likeness (QED) is 0.609. The second-order valence-corrected chi connectivity index (χ2v) is 8.25. The highest BCUT2D eigenvalue weighted by Gasteiger charge is 2.25. The third-order valence-corrected chi connectivity index (χ3v) is 5.95. The Morgan fingerprint density at radius 3 is 2.81 bits per heavy atom. The summed E-state index contributed by atoms with van der Waals surface area (Å²) in [5.41, 5.74) is 2.26. The van der Waals surface area contributed by atoms with Gasteiger partial charge in [-0.1, -0.05) is 28.6 Å². The smallest absolute Gasteiger partial charge is 0.317 e. The van der Waals surface area contributed by atoms with Crippen molar-refractivity contribution in [1.29, 1.82) is 0 Å². The van der Waals surface area contributed by atoms with E-state index < -0.39 is 0 Å². The summed E-state index contributed by atoms with van der Waals surface area (Å²) in [4.78, 5) is 32.0. The van der Waals surface area contributed by atoms with Crippen LogP contribution in [0.15, 0.2) is 34.9 Å². The first-order valence-electron chi connectivity index (χ1n) is 9.91. The molecule has 0 radical (unpaired) electrons. The van der Waals surface area contributed by atoms with Crippen LogP contribution in [-0.2, 0) is 19.4 Å². The lowest BCUT2D eigenvalue weighted by molar-refractivity contribution is 0.101. The van der Waals surface area contributed by atoms with Gasteiger partial charge in [0.15, 0.2) is 10.8 Å². The third-order valence-electron chi connectivity index (χ3n) is 4.95. The van der Waals surface area contributed by atoms with Crippen LogP contribution in [0, 0.1) is 6.92 Å². The van der Waals surface area contributed by atoms with E-state index in [4.69, 9.17) is 9.26 Å². The van der Waals surface area contributed by atoms with Crippen LogP contribution in [0.1, 0.15) is 32.4 Å². The van der Waals surface area contributed by atoms with Crippen LogP contribution in [0.25, 0.3) is 0 Å². The molecule has 0 unspecified atom stereocenters.